The van der Waals surface area contributed by atoms with Gasteiger partial charge in [0, 0.05) is 0 Å². The van der Waals surface area contributed by atoms with Crippen molar-refractivity contribution in [3.63, 3.8) is 0 Å². The van der Waals surface area contributed by atoms with Crippen LogP contribution in [0, 0.1) is 10.1 Å². The van der Waals surface area contributed by atoms with Crippen molar-refractivity contribution in [3.05, 3.63) is 51.6 Å². The number of aromatic nitrogens is 2. The maximum absolute atomic E-state index is 11.4. The van der Waals surface area contributed by atoms with Crippen LogP contribution in [-0.4, -0.2) is 27.7 Å². The third kappa shape index (κ3) is 3.14. The summed E-state index contributed by atoms with van der Waals surface area (Å²) in [5.41, 5.74) is 0.924. The smallest absolute Gasteiger partial charge is 0.404 e. The monoisotopic (exact) mass is 366 g/mol. The van der Waals surface area contributed by atoms with Crippen LogP contribution in [0.15, 0.2) is 41.5 Å². The number of carbonyl (C=O) groups is 1. The van der Waals surface area contributed by atoms with Gasteiger partial charge in [-0.3, -0.25) is 4.79 Å². The molecule has 1 amide bonds. The first-order chi connectivity index (χ1) is 10.5. The molecule has 0 unspecified atom stereocenters. The molecule has 1 heterocycles. The van der Waals surface area contributed by atoms with Gasteiger partial charge in [-0.1, -0.05) is 6.58 Å². The van der Waals surface area contributed by atoms with Gasteiger partial charge < -0.3 is 20.2 Å². The van der Waals surface area contributed by atoms with E-state index >= 15 is 0 Å². The molecule has 8 nitrogen and oxygen atoms in total. The van der Waals surface area contributed by atoms with Crippen LogP contribution in [0.4, 0.5) is 11.5 Å². The number of hydrogen-bond acceptors (Lipinski definition) is 5. The highest BCUT2D eigenvalue weighted by Crippen LogP contribution is 2.29. The van der Waals surface area contributed by atoms with Gasteiger partial charge in [0.25, 0.3) is 0 Å². The lowest BCUT2D eigenvalue weighted by Crippen LogP contribution is -2.09. The fourth-order valence-corrected chi connectivity index (χ4v) is 2.14. The highest BCUT2D eigenvalue weighted by atomic mass is 79.9. The predicted molar refractivity (Wildman–Crippen MR) is 83.3 cm³/mol. The number of nitrogens with one attached hydrogen (secondary N) is 1. The van der Waals surface area contributed by atoms with E-state index in [0.717, 1.165) is 6.08 Å². The minimum atomic E-state index is -0.593. The Bertz CT molecular complexity index is 756. The van der Waals surface area contributed by atoms with Gasteiger partial charge in [0.1, 0.15) is 10.2 Å². The number of nitro groups is 1. The molecule has 22 heavy (non-hydrogen) atoms. The zero-order valence-corrected chi connectivity index (χ0v) is 13.0. The van der Waals surface area contributed by atoms with E-state index in [1.165, 1.54) is 18.0 Å². The van der Waals surface area contributed by atoms with Gasteiger partial charge in [-0.15, -0.1) is 4.68 Å². The first-order valence-corrected chi connectivity index (χ1v) is 6.77. The third-order valence-corrected chi connectivity index (χ3v) is 3.27. The lowest BCUT2D eigenvalue weighted by atomic mass is 10.2. The fraction of sp³-hybridized carbons (Fsp3) is 0.0769. The molecule has 0 aliphatic carbocycles. The van der Waals surface area contributed by atoms with Gasteiger partial charge in [0.05, 0.1) is 29.8 Å². The van der Waals surface area contributed by atoms with Crippen molar-refractivity contribution in [1.29, 1.82) is 0 Å². The van der Waals surface area contributed by atoms with Crippen LogP contribution in [0.1, 0.15) is 0 Å². The molecule has 114 valence electrons. The van der Waals surface area contributed by atoms with E-state index in [2.05, 4.69) is 32.9 Å². The maximum atomic E-state index is 11.4. The molecule has 0 aliphatic rings. The number of ether oxygens (including phenoxy) is 1. The average Bonchev–Trinajstić information content (AvgIpc) is 2.89. The number of carbonyl (C=O) groups excluding carboxylic acids is 1. The Hall–Kier alpha value is -2.68. The molecule has 1 aromatic heterocycles. The van der Waals surface area contributed by atoms with Crippen molar-refractivity contribution in [1.82, 2.24) is 9.78 Å². The molecule has 0 aliphatic heterocycles. The number of rotatable bonds is 5. The van der Waals surface area contributed by atoms with Crippen LogP contribution >= 0.6 is 15.9 Å². The van der Waals surface area contributed by atoms with Gasteiger partial charge >= 0.3 is 5.82 Å². The van der Waals surface area contributed by atoms with Gasteiger partial charge in [0.2, 0.25) is 5.91 Å². The van der Waals surface area contributed by atoms with Gasteiger partial charge in [-0.25, -0.2) is 0 Å². The molecular formula is C13H11BrN4O4. The van der Waals surface area contributed by atoms with E-state index in [-0.39, 0.29) is 10.3 Å². The fourth-order valence-electron chi connectivity index (χ4n) is 1.72. The standard InChI is InChI=1S/C13H11BrN4O4/c1-3-12(19)15-10-6-8(4-5-11(10)22-2)17-7-9(14)13(16-17)18(20)21/h3-7H,1H2,2H3,(H,15,19). The first kappa shape index (κ1) is 15.7. The molecule has 2 rings (SSSR count). The van der Waals surface area contributed by atoms with Crippen molar-refractivity contribution in [2.75, 3.05) is 12.4 Å². The van der Waals surface area contributed by atoms with Crippen LogP contribution in [-0.2, 0) is 4.79 Å². The number of methoxy groups -OCH3 is 1. The summed E-state index contributed by atoms with van der Waals surface area (Å²) in [5, 5.41) is 17.3. The Morgan fingerprint density at radius 2 is 2.32 bits per heavy atom. The molecule has 1 aromatic carbocycles. The van der Waals surface area contributed by atoms with E-state index in [4.69, 9.17) is 4.74 Å². The number of hydrogen-bond donors (Lipinski definition) is 1. The van der Waals surface area contributed by atoms with E-state index in [9.17, 15) is 14.9 Å². The van der Waals surface area contributed by atoms with Gasteiger partial charge in [-0.2, -0.15) is 0 Å². The average molecular weight is 367 g/mol. The lowest BCUT2D eigenvalue weighted by Gasteiger charge is -2.10. The highest BCUT2D eigenvalue weighted by Gasteiger charge is 2.20. The molecule has 0 saturated heterocycles. The molecule has 1 N–H and O–H groups in total. The number of nitrogens with zero attached hydrogens (tertiary/aromatic N) is 3. The van der Waals surface area contributed by atoms with Crippen LogP contribution in [0.25, 0.3) is 5.69 Å². The van der Waals surface area contributed by atoms with Crippen molar-refractivity contribution >= 4 is 33.3 Å². The first-order valence-electron chi connectivity index (χ1n) is 5.97. The normalized spacial score (nSPS) is 10.1. The number of benzene rings is 1. The highest BCUT2D eigenvalue weighted by molar-refractivity contribution is 9.10. The zero-order valence-electron chi connectivity index (χ0n) is 11.4. The number of anilines is 1. The Kier molecular flexibility index (Phi) is 4.56. The van der Waals surface area contributed by atoms with Crippen LogP contribution in [0.2, 0.25) is 0 Å². The lowest BCUT2D eigenvalue weighted by molar-refractivity contribution is -0.390. The summed E-state index contributed by atoms with van der Waals surface area (Å²) >= 11 is 3.08. The number of amides is 1. The van der Waals surface area contributed by atoms with E-state index in [0.29, 0.717) is 17.1 Å². The second-order valence-corrected chi connectivity index (χ2v) is 4.93. The third-order valence-electron chi connectivity index (χ3n) is 2.72. The van der Waals surface area contributed by atoms with Crippen molar-refractivity contribution in [2.24, 2.45) is 0 Å². The second kappa shape index (κ2) is 6.39. The van der Waals surface area contributed by atoms with Crippen molar-refractivity contribution < 1.29 is 14.5 Å². The molecule has 0 saturated carbocycles. The SMILES string of the molecule is C=CC(=O)Nc1cc(-n2cc(Br)c([N+](=O)[O-])n2)ccc1OC. The van der Waals surface area contributed by atoms with Crippen molar-refractivity contribution in [2.45, 2.75) is 0 Å². The Balaban J connectivity index is 2.46. The molecule has 9 heteroatoms. The zero-order chi connectivity index (χ0) is 16.3. The van der Waals surface area contributed by atoms with Crippen molar-refractivity contribution in [3.8, 4) is 11.4 Å². The summed E-state index contributed by atoms with van der Waals surface area (Å²) < 4.78 is 6.73. The second-order valence-electron chi connectivity index (χ2n) is 4.08. The van der Waals surface area contributed by atoms with Crippen LogP contribution < -0.4 is 10.1 Å². The Morgan fingerprint density at radius 1 is 1.59 bits per heavy atom. The molecular weight excluding hydrogens is 356 g/mol. The Labute approximate surface area is 133 Å². The molecule has 0 bridgehead atoms. The molecule has 0 radical (unpaired) electrons. The predicted octanol–water partition coefficient (Wildman–Crippen LogP) is 2.68. The summed E-state index contributed by atoms with van der Waals surface area (Å²) in [6, 6.07) is 4.87. The summed E-state index contributed by atoms with van der Waals surface area (Å²) in [5.74, 6) is -0.254. The topological polar surface area (TPSA) is 99.3 Å². The largest absolute Gasteiger partial charge is 0.495 e. The van der Waals surface area contributed by atoms with E-state index < -0.39 is 10.8 Å². The molecule has 0 spiro atoms. The summed E-state index contributed by atoms with van der Waals surface area (Å²) in [4.78, 5) is 21.7. The maximum Gasteiger partial charge on any atom is 0.404 e. The summed E-state index contributed by atoms with van der Waals surface area (Å²) in [7, 11) is 1.47. The van der Waals surface area contributed by atoms with Crippen LogP contribution in [0.5, 0.6) is 5.75 Å². The van der Waals surface area contributed by atoms with Gasteiger partial charge in [-0.05, 0) is 45.1 Å². The molecule has 2 aromatic rings. The Morgan fingerprint density at radius 3 is 2.86 bits per heavy atom. The molecule has 0 atom stereocenters. The van der Waals surface area contributed by atoms with Gasteiger partial charge in [0.15, 0.2) is 0 Å². The minimum absolute atomic E-state index is 0.255. The molecule has 0 fully saturated rings. The number of halogens is 1. The quantitative estimate of drug-likeness (QED) is 0.498. The summed E-state index contributed by atoms with van der Waals surface area (Å²) in [6.45, 7) is 3.38. The minimum Gasteiger partial charge on any atom is -0.495 e. The van der Waals surface area contributed by atoms with E-state index in [1.54, 1.807) is 18.2 Å². The summed E-state index contributed by atoms with van der Waals surface area (Å²) in [6.07, 6.45) is 2.58. The van der Waals surface area contributed by atoms with Crippen LogP contribution in [0.3, 0.4) is 0 Å². The van der Waals surface area contributed by atoms with E-state index in [1.807, 2.05) is 0 Å².